The highest BCUT2D eigenvalue weighted by Gasteiger charge is 2.16. The average Bonchev–Trinajstić information content (AvgIpc) is 3.36. The minimum atomic E-state index is -0.479. The first-order valence-electron chi connectivity index (χ1n) is 11.2. The van der Waals surface area contributed by atoms with E-state index in [9.17, 15) is 19.7 Å². The standard InChI is InChI=1S/C28H23N3O5/c1-19-7-9-22(10-8-19)27(32)30-25(28(33)29-18-20-5-3-2-4-6-20)17-24-15-16-26(36-24)21-11-13-23(14-12-21)31(34)35/h2-17H,18H2,1H3,(H,29,33)(H,30,32)/b25-17-. The number of furan rings is 1. The van der Waals surface area contributed by atoms with Gasteiger partial charge < -0.3 is 15.1 Å². The molecule has 8 nitrogen and oxygen atoms in total. The van der Waals surface area contributed by atoms with E-state index in [-0.39, 0.29) is 17.9 Å². The fraction of sp³-hybridized carbons (Fsp3) is 0.0714. The van der Waals surface area contributed by atoms with Crippen molar-refractivity contribution < 1.29 is 18.9 Å². The molecular formula is C28H23N3O5. The number of aryl methyl sites for hydroxylation is 1. The molecule has 0 fully saturated rings. The summed E-state index contributed by atoms with van der Waals surface area (Å²) >= 11 is 0. The Bertz CT molecular complexity index is 1410. The van der Waals surface area contributed by atoms with Gasteiger partial charge in [0.2, 0.25) is 0 Å². The van der Waals surface area contributed by atoms with E-state index in [1.165, 1.54) is 18.2 Å². The number of nitrogens with one attached hydrogen (secondary N) is 2. The Hall–Kier alpha value is -4.98. The molecule has 0 spiro atoms. The molecule has 3 aromatic carbocycles. The summed E-state index contributed by atoms with van der Waals surface area (Å²) in [7, 11) is 0. The summed E-state index contributed by atoms with van der Waals surface area (Å²) in [5.74, 6) is -0.117. The SMILES string of the molecule is Cc1ccc(C(=O)N/C(=C\c2ccc(-c3ccc([N+](=O)[O-])cc3)o2)C(=O)NCc2ccccc2)cc1. The quantitative estimate of drug-likeness (QED) is 0.203. The minimum absolute atomic E-state index is 0.0149. The number of carbonyl (C=O) groups excluding carboxylic acids is 2. The summed E-state index contributed by atoms with van der Waals surface area (Å²) in [6.45, 7) is 2.20. The Morgan fingerprint density at radius 3 is 2.28 bits per heavy atom. The van der Waals surface area contributed by atoms with Crippen LogP contribution in [0.25, 0.3) is 17.4 Å². The number of nitro benzene ring substituents is 1. The summed E-state index contributed by atoms with van der Waals surface area (Å²) < 4.78 is 5.84. The number of hydrogen-bond donors (Lipinski definition) is 2. The molecule has 2 N–H and O–H groups in total. The lowest BCUT2D eigenvalue weighted by atomic mass is 10.1. The Morgan fingerprint density at radius 2 is 1.61 bits per heavy atom. The van der Waals surface area contributed by atoms with Gasteiger partial charge in [-0.05, 0) is 48.9 Å². The van der Waals surface area contributed by atoms with Crippen molar-refractivity contribution in [2.24, 2.45) is 0 Å². The van der Waals surface area contributed by atoms with Crippen molar-refractivity contribution in [3.63, 3.8) is 0 Å². The molecular weight excluding hydrogens is 458 g/mol. The Morgan fingerprint density at radius 1 is 0.917 bits per heavy atom. The van der Waals surface area contributed by atoms with E-state index in [1.54, 1.807) is 36.4 Å². The number of rotatable bonds is 8. The predicted molar refractivity (Wildman–Crippen MR) is 136 cm³/mol. The topological polar surface area (TPSA) is 114 Å². The Labute approximate surface area is 207 Å². The first-order chi connectivity index (χ1) is 17.4. The van der Waals surface area contributed by atoms with E-state index in [4.69, 9.17) is 4.42 Å². The van der Waals surface area contributed by atoms with Crippen molar-refractivity contribution in [2.75, 3.05) is 0 Å². The molecule has 1 heterocycles. The van der Waals surface area contributed by atoms with E-state index in [1.807, 2.05) is 49.4 Å². The molecule has 0 atom stereocenters. The fourth-order valence-electron chi connectivity index (χ4n) is 3.41. The van der Waals surface area contributed by atoms with Crippen molar-refractivity contribution in [3.05, 3.63) is 129 Å². The number of nitro groups is 1. The van der Waals surface area contributed by atoms with Crippen LogP contribution in [0.1, 0.15) is 27.2 Å². The van der Waals surface area contributed by atoms with Gasteiger partial charge in [0.1, 0.15) is 17.2 Å². The molecule has 0 saturated heterocycles. The first-order valence-corrected chi connectivity index (χ1v) is 11.2. The molecule has 1 aromatic heterocycles. The minimum Gasteiger partial charge on any atom is -0.457 e. The molecule has 0 aliphatic heterocycles. The van der Waals surface area contributed by atoms with Crippen LogP contribution in [-0.4, -0.2) is 16.7 Å². The van der Waals surface area contributed by atoms with Crippen molar-refractivity contribution in [3.8, 4) is 11.3 Å². The normalized spacial score (nSPS) is 11.1. The van der Waals surface area contributed by atoms with Gasteiger partial charge in [-0.25, -0.2) is 0 Å². The lowest BCUT2D eigenvalue weighted by Gasteiger charge is -2.11. The second-order valence-corrected chi connectivity index (χ2v) is 8.05. The van der Waals surface area contributed by atoms with E-state index in [2.05, 4.69) is 10.6 Å². The predicted octanol–water partition coefficient (Wildman–Crippen LogP) is 5.25. The van der Waals surface area contributed by atoms with E-state index < -0.39 is 16.7 Å². The van der Waals surface area contributed by atoms with Gasteiger partial charge in [0, 0.05) is 35.9 Å². The molecule has 0 radical (unpaired) electrons. The van der Waals surface area contributed by atoms with Crippen molar-refractivity contribution >= 4 is 23.6 Å². The van der Waals surface area contributed by atoms with E-state index >= 15 is 0 Å². The highest BCUT2D eigenvalue weighted by molar-refractivity contribution is 6.05. The van der Waals surface area contributed by atoms with Crippen LogP contribution in [0, 0.1) is 17.0 Å². The van der Waals surface area contributed by atoms with Crippen molar-refractivity contribution in [2.45, 2.75) is 13.5 Å². The molecule has 36 heavy (non-hydrogen) atoms. The van der Waals surface area contributed by atoms with Crippen LogP contribution in [0.3, 0.4) is 0 Å². The molecule has 2 amide bonds. The van der Waals surface area contributed by atoms with Gasteiger partial charge in [-0.1, -0.05) is 48.0 Å². The van der Waals surface area contributed by atoms with Gasteiger partial charge in [-0.2, -0.15) is 0 Å². The summed E-state index contributed by atoms with van der Waals surface area (Å²) in [6.07, 6.45) is 1.45. The molecule has 4 rings (SSSR count). The van der Waals surface area contributed by atoms with Gasteiger partial charge in [-0.15, -0.1) is 0 Å². The zero-order valence-corrected chi connectivity index (χ0v) is 19.4. The number of hydrogen-bond acceptors (Lipinski definition) is 5. The highest BCUT2D eigenvalue weighted by Crippen LogP contribution is 2.25. The maximum atomic E-state index is 13.0. The van der Waals surface area contributed by atoms with Crippen LogP contribution in [0.15, 0.2) is 101 Å². The second kappa shape index (κ2) is 11.0. The third kappa shape index (κ3) is 6.12. The molecule has 0 bridgehead atoms. The average molecular weight is 482 g/mol. The van der Waals surface area contributed by atoms with Crippen LogP contribution < -0.4 is 10.6 Å². The number of carbonyl (C=O) groups is 2. The van der Waals surface area contributed by atoms with Gasteiger partial charge in [0.25, 0.3) is 17.5 Å². The Kier molecular flexibility index (Phi) is 7.36. The Balaban J connectivity index is 1.57. The molecule has 180 valence electrons. The molecule has 0 unspecified atom stereocenters. The fourth-order valence-corrected chi connectivity index (χ4v) is 3.41. The summed E-state index contributed by atoms with van der Waals surface area (Å²) in [4.78, 5) is 36.3. The molecule has 0 aliphatic rings. The monoisotopic (exact) mass is 481 g/mol. The van der Waals surface area contributed by atoms with E-state index in [0.29, 0.717) is 22.6 Å². The van der Waals surface area contributed by atoms with Gasteiger partial charge >= 0.3 is 0 Å². The first kappa shape index (κ1) is 24.2. The lowest BCUT2D eigenvalue weighted by Crippen LogP contribution is -2.34. The maximum absolute atomic E-state index is 13.0. The third-order valence-electron chi connectivity index (χ3n) is 5.38. The number of amides is 2. The number of nitrogens with zero attached hydrogens (tertiary/aromatic N) is 1. The zero-order valence-electron chi connectivity index (χ0n) is 19.4. The van der Waals surface area contributed by atoms with Crippen LogP contribution in [0.4, 0.5) is 5.69 Å². The summed E-state index contributed by atoms with van der Waals surface area (Å²) in [5.41, 5.74) is 2.96. The summed E-state index contributed by atoms with van der Waals surface area (Å²) in [5, 5.41) is 16.4. The number of benzene rings is 3. The van der Waals surface area contributed by atoms with Crippen LogP contribution in [0.5, 0.6) is 0 Å². The number of non-ortho nitro benzene ring substituents is 1. The zero-order chi connectivity index (χ0) is 25.5. The van der Waals surface area contributed by atoms with Crippen LogP contribution in [-0.2, 0) is 11.3 Å². The molecule has 0 aliphatic carbocycles. The largest absolute Gasteiger partial charge is 0.457 e. The van der Waals surface area contributed by atoms with E-state index in [0.717, 1.165) is 11.1 Å². The third-order valence-corrected chi connectivity index (χ3v) is 5.38. The summed E-state index contributed by atoms with van der Waals surface area (Å²) in [6, 6.07) is 25.7. The highest BCUT2D eigenvalue weighted by atomic mass is 16.6. The maximum Gasteiger partial charge on any atom is 0.269 e. The lowest BCUT2D eigenvalue weighted by molar-refractivity contribution is -0.384. The van der Waals surface area contributed by atoms with Gasteiger partial charge in [0.15, 0.2) is 0 Å². The molecule has 4 aromatic rings. The smallest absolute Gasteiger partial charge is 0.269 e. The van der Waals surface area contributed by atoms with Crippen LogP contribution >= 0.6 is 0 Å². The van der Waals surface area contributed by atoms with Gasteiger partial charge in [-0.3, -0.25) is 19.7 Å². The van der Waals surface area contributed by atoms with Gasteiger partial charge in [0.05, 0.1) is 4.92 Å². The van der Waals surface area contributed by atoms with Crippen molar-refractivity contribution in [1.82, 2.24) is 10.6 Å². The molecule has 0 saturated carbocycles. The molecule has 8 heteroatoms. The van der Waals surface area contributed by atoms with Crippen LogP contribution in [0.2, 0.25) is 0 Å². The second-order valence-electron chi connectivity index (χ2n) is 8.05. The van der Waals surface area contributed by atoms with Crippen molar-refractivity contribution in [1.29, 1.82) is 0 Å².